The molecule has 1 saturated heterocycles. The minimum absolute atomic E-state index is 0. The van der Waals surface area contributed by atoms with Gasteiger partial charge in [-0.05, 0) is 68.8 Å². The zero-order chi connectivity index (χ0) is 17.9. The Morgan fingerprint density at radius 2 is 2.00 bits per heavy atom. The molecule has 1 fully saturated rings. The summed E-state index contributed by atoms with van der Waals surface area (Å²) in [5, 5.41) is 2.84. The van der Waals surface area contributed by atoms with Gasteiger partial charge >= 0.3 is 0 Å². The number of hydrogen-bond acceptors (Lipinski definition) is 4. The first-order valence-electron chi connectivity index (χ1n) is 9.70. The molecule has 0 spiro atoms. The lowest BCUT2D eigenvalue weighted by Crippen LogP contribution is -2.49. The molecule has 28 heavy (non-hydrogen) atoms. The summed E-state index contributed by atoms with van der Waals surface area (Å²) in [7, 11) is 0. The van der Waals surface area contributed by atoms with Crippen LogP contribution in [0.2, 0.25) is 0 Å². The number of carbonyl (C=O) groups excluding carboxylic acids is 1. The van der Waals surface area contributed by atoms with Crippen LogP contribution in [-0.2, 0) is 12.8 Å². The van der Waals surface area contributed by atoms with E-state index in [4.69, 9.17) is 0 Å². The molecule has 2 heterocycles. The Labute approximate surface area is 179 Å². The molecule has 0 bridgehead atoms. The zero-order valence-electron chi connectivity index (χ0n) is 16.1. The number of anilines is 1. The number of piperidine rings is 1. The van der Waals surface area contributed by atoms with Crippen LogP contribution in [0.3, 0.4) is 0 Å². The first-order valence-corrected chi connectivity index (χ1v) is 9.70. The highest BCUT2D eigenvalue weighted by Gasteiger charge is 2.35. The second-order valence-electron chi connectivity index (χ2n) is 7.40. The van der Waals surface area contributed by atoms with E-state index in [2.05, 4.69) is 27.1 Å². The number of carbonyl (C=O) groups is 1. The van der Waals surface area contributed by atoms with Crippen molar-refractivity contribution in [1.29, 1.82) is 0 Å². The van der Waals surface area contributed by atoms with Crippen LogP contribution in [0.5, 0.6) is 0 Å². The average molecular weight is 423 g/mol. The van der Waals surface area contributed by atoms with Gasteiger partial charge in [0.05, 0.1) is 0 Å². The lowest BCUT2D eigenvalue weighted by molar-refractivity contribution is 0.0845. The van der Waals surface area contributed by atoms with Gasteiger partial charge in [0.1, 0.15) is 0 Å². The van der Waals surface area contributed by atoms with Gasteiger partial charge in [-0.2, -0.15) is 0 Å². The van der Waals surface area contributed by atoms with Crippen LogP contribution in [0, 0.1) is 5.92 Å². The first-order chi connectivity index (χ1) is 12.7. The van der Waals surface area contributed by atoms with Crippen molar-refractivity contribution in [3.8, 4) is 0 Å². The largest absolute Gasteiger partial charge is 0.300 e. The Morgan fingerprint density at radius 3 is 2.75 bits per heavy atom. The normalized spacial score (nSPS) is 20.8. The lowest BCUT2D eigenvalue weighted by Gasteiger charge is -2.44. The van der Waals surface area contributed by atoms with E-state index < -0.39 is 0 Å². The van der Waals surface area contributed by atoms with Gasteiger partial charge in [0.2, 0.25) is 5.95 Å². The van der Waals surface area contributed by atoms with Crippen molar-refractivity contribution in [2.75, 3.05) is 18.4 Å². The van der Waals surface area contributed by atoms with Gasteiger partial charge in [-0.3, -0.25) is 15.0 Å². The fraction of sp³-hybridized carbons (Fsp3) is 0.476. The molecule has 2 aromatic rings. The van der Waals surface area contributed by atoms with Crippen molar-refractivity contribution >= 4 is 36.7 Å². The van der Waals surface area contributed by atoms with E-state index >= 15 is 0 Å². The fourth-order valence-electron chi connectivity index (χ4n) is 4.40. The molecule has 152 valence electrons. The molecule has 5 nitrogen and oxygen atoms in total. The predicted molar refractivity (Wildman–Crippen MR) is 117 cm³/mol. The molecule has 7 heteroatoms. The molecule has 2 aliphatic rings. The van der Waals surface area contributed by atoms with Crippen LogP contribution in [0.25, 0.3) is 0 Å². The van der Waals surface area contributed by atoms with E-state index in [0.717, 1.165) is 18.5 Å². The topological polar surface area (TPSA) is 58.1 Å². The number of benzene rings is 1. The molecule has 1 aliphatic carbocycles. The van der Waals surface area contributed by atoms with Crippen molar-refractivity contribution in [3.05, 3.63) is 53.3 Å². The van der Waals surface area contributed by atoms with Crippen molar-refractivity contribution in [3.63, 3.8) is 0 Å². The summed E-state index contributed by atoms with van der Waals surface area (Å²) in [6, 6.07) is 9.83. The number of nitrogens with one attached hydrogen (secondary N) is 1. The van der Waals surface area contributed by atoms with Crippen LogP contribution in [-0.4, -0.2) is 39.9 Å². The van der Waals surface area contributed by atoms with E-state index in [9.17, 15) is 4.79 Å². The summed E-state index contributed by atoms with van der Waals surface area (Å²) >= 11 is 0. The number of fused-ring (bicyclic) bond motifs is 2. The van der Waals surface area contributed by atoms with Gasteiger partial charge in [-0.25, -0.2) is 9.97 Å². The van der Waals surface area contributed by atoms with Gasteiger partial charge < -0.3 is 0 Å². The highest BCUT2D eigenvalue weighted by Crippen LogP contribution is 2.34. The number of aromatic nitrogens is 2. The van der Waals surface area contributed by atoms with E-state index in [1.165, 1.54) is 37.9 Å². The van der Waals surface area contributed by atoms with Gasteiger partial charge in [-0.15, -0.1) is 24.8 Å². The molecule has 0 radical (unpaired) electrons. The molecule has 0 saturated carbocycles. The standard InChI is InChI=1S/C21H26N4O.2ClH/c1-2-10-25-11-6-9-16-12-18-17(13-19(16)25)14-22-21(23-18)24-20(26)15-7-4-3-5-8-15;;/h3-5,7-8,14,16,19H,2,6,9-13H2,1H3,(H,22,23,24,26);2*1H/t16-,19-;;/m1../s1. The summed E-state index contributed by atoms with van der Waals surface area (Å²) in [6.07, 6.45) is 7.71. The van der Waals surface area contributed by atoms with Gasteiger partial charge in [0.15, 0.2) is 0 Å². The Bertz CT molecular complexity index is 785. The molecule has 1 aromatic heterocycles. The van der Waals surface area contributed by atoms with Crippen LogP contribution >= 0.6 is 24.8 Å². The minimum atomic E-state index is -0.161. The highest BCUT2D eigenvalue weighted by atomic mass is 35.5. The van der Waals surface area contributed by atoms with Crippen molar-refractivity contribution in [2.24, 2.45) is 5.92 Å². The molecule has 1 aromatic carbocycles. The molecule has 1 aliphatic heterocycles. The van der Waals surface area contributed by atoms with Gasteiger partial charge in [0, 0.05) is 23.5 Å². The van der Waals surface area contributed by atoms with Crippen molar-refractivity contribution in [1.82, 2.24) is 14.9 Å². The molecule has 1 amide bonds. The summed E-state index contributed by atoms with van der Waals surface area (Å²) in [5.74, 6) is 0.929. The molecule has 0 unspecified atom stereocenters. The molecular weight excluding hydrogens is 395 g/mol. The maximum atomic E-state index is 12.3. The Balaban J connectivity index is 0.00000140. The SMILES string of the molecule is CCCN1CCC[C@@H]2Cc3nc(NC(=O)c4ccccc4)ncc3C[C@H]21.Cl.Cl. The van der Waals surface area contributed by atoms with Crippen LogP contribution in [0.4, 0.5) is 5.95 Å². The molecular formula is C21H28Cl2N4O. The molecule has 2 atom stereocenters. The third-order valence-electron chi connectivity index (χ3n) is 5.64. The minimum Gasteiger partial charge on any atom is -0.300 e. The Hall–Kier alpha value is -1.69. The number of nitrogens with zero attached hydrogens (tertiary/aromatic N) is 3. The molecule has 4 rings (SSSR count). The maximum Gasteiger partial charge on any atom is 0.258 e. The van der Waals surface area contributed by atoms with Gasteiger partial charge in [-0.1, -0.05) is 25.1 Å². The number of hydrogen-bond donors (Lipinski definition) is 1. The summed E-state index contributed by atoms with van der Waals surface area (Å²) < 4.78 is 0. The van der Waals surface area contributed by atoms with E-state index in [-0.39, 0.29) is 30.7 Å². The second kappa shape index (κ2) is 10.2. The average Bonchev–Trinajstić information content (AvgIpc) is 2.67. The third-order valence-corrected chi connectivity index (χ3v) is 5.64. The van der Waals surface area contributed by atoms with Crippen LogP contribution in [0.15, 0.2) is 36.5 Å². The summed E-state index contributed by atoms with van der Waals surface area (Å²) in [4.78, 5) is 24.1. The summed E-state index contributed by atoms with van der Waals surface area (Å²) in [6.45, 7) is 4.66. The Morgan fingerprint density at radius 1 is 1.21 bits per heavy atom. The van der Waals surface area contributed by atoms with Crippen LogP contribution in [0.1, 0.15) is 47.8 Å². The van der Waals surface area contributed by atoms with Gasteiger partial charge in [0.25, 0.3) is 5.91 Å². The van der Waals surface area contributed by atoms with E-state index in [0.29, 0.717) is 23.5 Å². The van der Waals surface area contributed by atoms with Crippen LogP contribution < -0.4 is 5.32 Å². The fourth-order valence-corrected chi connectivity index (χ4v) is 4.40. The number of rotatable bonds is 4. The Kier molecular flexibility index (Phi) is 8.23. The van der Waals surface area contributed by atoms with E-state index in [1.54, 1.807) is 12.1 Å². The van der Waals surface area contributed by atoms with E-state index in [1.807, 2.05) is 24.4 Å². The zero-order valence-corrected chi connectivity index (χ0v) is 17.8. The third kappa shape index (κ3) is 4.83. The highest BCUT2D eigenvalue weighted by molar-refractivity contribution is 6.03. The summed E-state index contributed by atoms with van der Waals surface area (Å²) in [5.41, 5.74) is 2.98. The predicted octanol–water partition coefficient (Wildman–Crippen LogP) is 4.16. The van der Waals surface area contributed by atoms with Crippen molar-refractivity contribution < 1.29 is 4.79 Å². The number of amides is 1. The monoisotopic (exact) mass is 422 g/mol. The first kappa shape index (κ1) is 22.6. The smallest absolute Gasteiger partial charge is 0.258 e. The number of halogens is 2. The molecule has 1 N–H and O–H groups in total. The lowest BCUT2D eigenvalue weighted by atomic mass is 9.77. The quantitative estimate of drug-likeness (QED) is 0.803. The second-order valence-corrected chi connectivity index (χ2v) is 7.40. The van der Waals surface area contributed by atoms with Crippen molar-refractivity contribution in [2.45, 2.75) is 45.1 Å². The maximum absolute atomic E-state index is 12.3. The number of likely N-dealkylation sites (tertiary alicyclic amines) is 1.